The minimum atomic E-state index is -0.638. The number of aromatic nitrogens is 2. The van der Waals surface area contributed by atoms with Gasteiger partial charge in [-0.05, 0) is 30.7 Å². The summed E-state index contributed by atoms with van der Waals surface area (Å²) in [5.41, 5.74) is 2.98. The molecule has 0 bridgehead atoms. The van der Waals surface area contributed by atoms with Crippen molar-refractivity contribution < 1.29 is 9.31 Å². The van der Waals surface area contributed by atoms with Crippen LogP contribution in [0.1, 0.15) is 11.4 Å². The van der Waals surface area contributed by atoms with Gasteiger partial charge in [-0.15, -0.1) is 0 Å². The maximum Gasteiger partial charge on any atom is 0.295 e. The van der Waals surface area contributed by atoms with Gasteiger partial charge >= 0.3 is 0 Å². The lowest BCUT2D eigenvalue weighted by atomic mass is 10.2. The molecule has 7 heteroatoms. The fourth-order valence-corrected chi connectivity index (χ4v) is 2.65. The standard InChI is InChI=1S/C16H15FN4O2/c1-10-4-3-5-13-16(10)20(2)15(19-13)9-18-12-7-6-11(17)8-14(12)21(22)23/h3-8,18H,9H2,1-2H3. The summed E-state index contributed by atoms with van der Waals surface area (Å²) in [7, 11) is 1.90. The molecule has 0 fully saturated rings. The molecule has 3 rings (SSSR count). The number of nitro groups is 1. The Hall–Kier alpha value is -2.96. The topological polar surface area (TPSA) is 73.0 Å². The van der Waals surface area contributed by atoms with Crippen LogP contribution in [-0.2, 0) is 13.6 Å². The van der Waals surface area contributed by atoms with Crippen molar-refractivity contribution in [1.82, 2.24) is 9.55 Å². The first kappa shape index (κ1) is 15.0. The van der Waals surface area contributed by atoms with Crippen molar-refractivity contribution in [2.75, 3.05) is 5.32 Å². The summed E-state index contributed by atoms with van der Waals surface area (Å²) < 4.78 is 15.1. The van der Waals surface area contributed by atoms with Gasteiger partial charge in [-0.3, -0.25) is 10.1 Å². The second kappa shape index (κ2) is 5.68. The van der Waals surface area contributed by atoms with E-state index in [0.29, 0.717) is 6.54 Å². The Kier molecular flexibility index (Phi) is 3.69. The lowest BCUT2D eigenvalue weighted by molar-refractivity contribution is -0.384. The quantitative estimate of drug-likeness (QED) is 0.590. The van der Waals surface area contributed by atoms with E-state index in [1.54, 1.807) is 0 Å². The van der Waals surface area contributed by atoms with Crippen LogP contribution in [0.15, 0.2) is 36.4 Å². The Morgan fingerprint density at radius 2 is 2.13 bits per heavy atom. The minimum absolute atomic E-state index is 0.264. The molecule has 0 radical (unpaired) electrons. The van der Waals surface area contributed by atoms with E-state index in [1.807, 2.05) is 36.7 Å². The summed E-state index contributed by atoms with van der Waals surface area (Å²) >= 11 is 0. The van der Waals surface area contributed by atoms with Crippen LogP contribution in [0.25, 0.3) is 11.0 Å². The highest BCUT2D eigenvalue weighted by Gasteiger charge is 2.16. The van der Waals surface area contributed by atoms with Gasteiger partial charge in [0.2, 0.25) is 0 Å². The maximum atomic E-state index is 13.2. The lowest BCUT2D eigenvalue weighted by Crippen LogP contribution is -2.07. The third-order valence-corrected chi connectivity index (χ3v) is 3.78. The number of halogens is 1. The molecule has 0 atom stereocenters. The monoisotopic (exact) mass is 314 g/mol. The normalized spacial score (nSPS) is 10.9. The fraction of sp³-hybridized carbons (Fsp3) is 0.188. The van der Waals surface area contributed by atoms with E-state index < -0.39 is 10.7 Å². The van der Waals surface area contributed by atoms with Crippen molar-refractivity contribution in [3.8, 4) is 0 Å². The number of fused-ring (bicyclic) bond motifs is 1. The van der Waals surface area contributed by atoms with E-state index >= 15 is 0 Å². The Morgan fingerprint density at radius 1 is 1.35 bits per heavy atom. The van der Waals surface area contributed by atoms with E-state index in [-0.39, 0.29) is 11.4 Å². The number of nitro benzene ring substituents is 1. The number of nitrogens with one attached hydrogen (secondary N) is 1. The number of nitrogens with zero attached hydrogens (tertiary/aromatic N) is 3. The largest absolute Gasteiger partial charge is 0.372 e. The van der Waals surface area contributed by atoms with E-state index in [4.69, 9.17) is 0 Å². The van der Waals surface area contributed by atoms with Crippen LogP contribution >= 0.6 is 0 Å². The molecular formula is C16H15FN4O2. The Balaban J connectivity index is 1.91. The zero-order valence-electron chi connectivity index (χ0n) is 12.7. The van der Waals surface area contributed by atoms with Crippen molar-refractivity contribution in [3.63, 3.8) is 0 Å². The summed E-state index contributed by atoms with van der Waals surface area (Å²) in [5, 5.41) is 14.0. The maximum absolute atomic E-state index is 13.2. The highest BCUT2D eigenvalue weighted by Crippen LogP contribution is 2.26. The van der Waals surface area contributed by atoms with Gasteiger partial charge in [0.1, 0.15) is 17.3 Å². The van der Waals surface area contributed by atoms with Gasteiger partial charge < -0.3 is 9.88 Å². The second-order valence-corrected chi connectivity index (χ2v) is 5.30. The van der Waals surface area contributed by atoms with Gasteiger partial charge in [0.05, 0.1) is 28.6 Å². The van der Waals surface area contributed by atoms with Crippen LogP contribution in [0.4, 0.5) is 15.8 Å². The molecule has 6 nitrogen and oxygen atoms in total. The molecule has 23 heavy (non-hydrogen) atoms. The van der Waals surface area contributed by atoms with Gasteiger partial charge in [-0.1, -0.05) is 12.1 Å². The number of rotatable bonds is 4. The molecule has 0 unspecified atom stereocenters. The molecule has 3 aromatic rings. The molecule has 0 aliphatic heterocycles. The van der Waals surface area contributed by atoms with E-state index in [1.165, 1.54) is 12.1 Å². The lowest BCUT2D eigenvalue weighted by Gasteiger charge is -2.08. The molecule has 1 N–H and O–H groups in total. The van der Waals surface area contributed by atoms with E-state index in [9.17, 15) is 14.5 Å². The Labute approximate surface area is 131 Å². The molecular weight excluding hydrogens is 299 g/mol. The average molecular weight is 314 g/mol. The Morgan fingerprint density at radius 3 is 2.83 bits per heavy atom. The summed E-state index contributed by atoms with van der Waals surface area (Å²) in [5.74, 6) is 0.105. The number of benzene rings is 2. The van der Waals surface area contributed by atoms with Crippen LogP contribution in [0, 0.1) is 22.9 Å². The highest BCUT2D eigenvalue weighted by molar-refractivity contribution is 5.79. The summed E-state index contributed by atoms with van der Waals surface area (Å²) in [6, 6.07) is 9.32. The van der Waals surface area contributed by atoms with Crippen LogP contribution in [0.5, 0.6) is 0 Å². The van der Waals surface area contributed by atoms with Crippen LogP contribution in [0.2, 0.25) is 0 Å². The number of aryl methyl sites for hydroxylation is 2. The molecule has 2 aromatic carbocycles. The molecule has 0 aliphatic rings. The third-order valence-electron chi connectivity index (χ3n) is 3.78. The molecule has 0 saturated heterocycles. The molecule has 0 spiro atoms. The second-order valence-electron chi connectivity index (χ2n) is 5.30. The molecule has 0 saturated carbocycles. The number of hydrogen-bond acceptors (Lipinski definition) is 4. The first-order valence-electron chi connectivity index (χ1n) is 7.06. The third kappa shape index (κ3) is 2.73. The SMILES string of the molecule is Cc1cccc2nc(CNc3ccc(F)cc3[N+](=O)[O-])n(C)c12. The fourth-order valence-electron chi connectivity index (χ4n) is 2.65. The van der Waals surface area contributed by atoms with Crippen LogP contribution in [0.3, 0.4) is 0 Å². The molecule has 1 heterocycles. The van der Waals surface area contributed by atoms with Gasteiger partial charge in [-0.25, -0.2) is 9.37 Å². The number of anilines is 1. The predicted octanol–water partition coefficient (Wildman–Crippen LogP) is 3.54. The van der Waals surface area contributed by atoms with Crippen LogP contribution < -0.4 is 5.32 Å². The first-order chi connectivity index (χ1) is 11.0. The van der Waals surface area contributed by atoms with Gasteiger partial charge in [0.25, 0.3) is 5.69 Å². The van der Waals surface area contributed by atoms with E-state index in [0.717, 1.165) is 28.5 Å². The zero-order valence-corrected chi connectivity index (χ0v) is 12.7. The highest BCUT2D eigenvalue weighted by atomic mass is 19.1. The van der Waals surface area contributed by atoms with Crippen molar-refractivity contribution in [3.05, 3.63) is 63.7 Å². The Bertz CT molecular complexity index is 904. The number of imidazole rings is 1. The van der Waals surface area contributed by atoms with Crippen molar-refractivity contribution in [2.45, 2.75) is 13.5 Å². The predicted molar refractivity (Wildman–Crippen MR) is 85.8 cm³/mol. The zero-order chi connectivity index (χ0) is 16.6. The molecule has 118 valence electrons. The van der Waals surface area contributed by atoms with Gasteiger partial charge in [0, 0.05) is 7.05 Å². The van der Waals surface area contributed by atoms with Gasteiger partial charge in [-0.2, -0.15) is 0 Å². The summed E-state index contributed by atoms with van der Waals surface area (Å²) in [6.07, 6.45) is 0. The smallest absolute Gasteiger partial charge is 0.295 e. The first-order valence-corrected chi connectivity index (χ1v) is 7.06. The average Bonchev–Trinajstić information content (AvgIpc) is 2.83. The minimum Gasteiger partial charge on any atom is -0.372 e. The summed E-state index contributed by atoms with van der Waals surface area (Å²) in [6.45, 7) is 2.31. The van der Waals surface area contributed by atoms with Crippen molar-refractivity contribution in [2.24, 2.45) is 7.05 Å². The number of hydrogen-bond donors (Lipinski definition) is 1. The summed E-state index contributed by atoms with van der Waals surface area (Å²) in [4.78, 5) is 14.9. The molecule has 0 amide bonds. The van der Waals surface area contributed by atoms with Crippen LogP contribution in [-0.4, -0.2) is 14.5 Å². The molecule has 0 aliphatic carbocycles. The van der Waals surface area contributed by atoms with E-state index in [2.05, 4.69) is 10.3 Å². The van der Waals surface area contributed by atoms with Gasteiger partial charge in [0.15, 0.2) is 0 Å². The van der Waals surface area contributed by atoms with Crippen molar-refractivity contribution in [1.29, 1.82) is 0 Å². The number of para-hydroxylation sites is 1. The molecule has 1 aromatic heterocycles. The van der Waals surface area contributed by atoms with Crippen molar-refractivity contribution >= 4 is 22.4 Å².